The summed E-state index contributed by atoms with van der Waals surface area (Å²) in [5.41, 5.74) is 3.11. The average molecular weight is 285 g/mol. The molecular weight excluding hydrogens is 266 g/mol. The highest BCUT2D eigenvalue weighted by Crippen LogP contribution is 2.27. The van der Waals surface area contributed by atoms with E-state index in [2.05, 4.69) is 17.2 Å². The second-order valence-corrected chi connectivity index (χ2v) is 4.89. The molecule has 0 spiro atoms. The number of methoxy groups -OCH3 is 1. The van der Waals surface area contributed by atoms with E-state index in [9.17, 15) is 0 Å². The molecule has 5 heteroatoms. The molecule has 0 fully saturated rings. The van der Waals surface area contributed by atoms with Crippen LogP contribution in [0.5, 0.6) is 5.75 Å². The van der Waals surface area contributed by atoms with Crippen molar-refractivity contribution >= 4 is 5.82 Å². The number of anilines is 1. The zero-order valence-electron chi connectivity index (χ0n) is 12.3. The molecule has 1 aliphatic rings. The molecule has 1 aliphatic heterocycles. The van der Waals surface area contributed by atoms with E-state index in [0.29, 0.717) is 13.2 Å². The van der Waals surface area contributed by atoms with E-state index in [1.54, 1.807) is 7.11 Å². The fourth-order valence-corrected chi connectivity index (χ4v) is 2.44. The lowest BCUT2D eigenvalue weighted by Crippen LogP contribution is -2.17. The quantitative estimate of drug-likeness (QED) is 0.936. The summed E-state index contributed by atoms with van der Waals surface area (Å²) in [6.45, 7) is 4.17. The van der Waals surface area contributed by atoms with Crippen LogP contribution in [-0.4, -0.2) is 30.2 Å². The molecule has 0 bridgehead atoms. The normalized spacial score (nSPS) is 13.6. The summed E-state index contributed by atoms with van der Waals surface area (Å²) in [6.07, 6.45) is 0.827. The van der Waals surface area contributed by atoms with Crippen molar-refractivity contribution in [2.45, 2.75) is 20.0 Å². The van der Waals surface area contributed by atoms with E-state index in [4.69, 9.17) is 14.5 Å². The van der Waals surface area contributed by atoms with Crippen LogP contribution in [0.3, 0.4) is 0 Å². The maximum absolute atomic E-state index is 5.53. The van der Waals surface area contributed by atoms with Gasteiger partial charge in [0.15, 0.2) is 5.82 Å². The van der Waals surface area contributed by atoms with E-state index < -0.39 is 0 Å². The third kappa shape index (κ3) is 2.83. The molecule has 1 aromatic carbocycles. The molecule has 2 aromatic rings. The van der Waals surface area contributed by atoms with Crippen molar-refractivity contribution in [2.75, 3.05) is 25.6 Å². The Hall–Kier alpha value is -2.14. The maximum Gasteiger partial charge on any atom is 0.161 e. The lowest BCUT2D eigenvalue weighted by atomic mass is 10.1. The Morgan fingerprint density at radius 1 is 1.33 bits per heavy atom. The Bertz CT molecular complexity index is 643. The Kier molecular flexibility index (Phi) is 4.01. The molecule has 0 atom stereocenters. The first-order valence-corrected chi connectivity index (χ1v) is 7.17. The van der Waals surface area contributed by atoms with Crippen LogP contribution in [-0.2, 0) is 17.8 Å². The summed E-state index contributed by atoms with van der Waals surface area (Å²) in [5, 5.41) is 3.31. The average Bonchev–Trinajstić information content (AvgIpc) is 2.55. The summed E-state index contributed by atoms with van der Waals surface area (Å²) >= 11 is 0. The van der Waals surface area contributed by atoms with Crippen LogP contribution in [0.1, 0.15) is 18.2 Å². The van der Waals surface area contributed by atoms with E-state index in [1.165, 1.54) is 0 Å². The topological polar surface area (TPSA) is 56.3 Å². The highest BCUT2D eigenvalue weighted by molar-refractivity contribution is 5.61. The van der Waals surface area contributed by atoms with Crippen molar-refractivity contribution in [2.24, 2.45) is 0 Å². The van der Waals surface area contributed by atoms with Crippen LogP contribution in [0.4, 0.5) is 5.82 Å². The third-order valence-electron chi connectivity index (χ3n) is 3.49. The number of hydrogen-bond acceptors (Lipinski definition) is 5. The Morgan fingerprint density at radius 2 is 2.24 bits per heavy atom. The van der Waals surface area contributed by atoms with E-state index >= 15 is 0 Å². The summed E-state index contributed by atoms with van der Waals surface area (Å²) in [5.74, 6) is 2.41. The predicted molar refractivity (Wildman–Crippen MR) is 81.5 cm³/mol. The number of fused-ring (bicyclic) bond motifs is 1. The first-order chi connectivity index (χ1) is 10.3. The number of rotatable bonds is 4. The summed E-state index contributed by atoms with van der Waals surface area (Å²) in [7, 11) is 1.66. The number of nitrogens with one attached hydrogen (secondary N) is 1. The number of benzene rings is 1. The molecule has 0 unspecified atom stereocenters. The Labute approximate surface area is 124 Å². The number of aromatic nitrogens is 2. The molecule has 110 valence electrons. The maximum atomic E-state index is 5.53. The van der Waals surface area contributed by atoms with Gasteiger partial charge in [-0.1, -0.05) is 12.1 Å². The van der Waals surface area contributed by atoms with Crippen molar-refractivity contribution in [3.05, 3.63) is 35.5 Å². The van der Waals surface area contributed by atoms with E-state index in [-0.39, 0.29) is 0 Å². The van der Waals surface area contributed by atoms with Gasteiger partial charge in [0.05, 0.1) is 26.0 Å². The molecule has 2 heterocycles. The van der Waals surface area contributed by atoms with Crippen LogP contribution >= 0.6 is 0 Å². The van der Waals surface area contributed by atoms with Gasteiger partial charge < -0.3 is 14.8 Å². The van der Waals surface area contributed by atoms with Gasteiger partial charge in [-0.15, -0.1) is 0 Å². The summed E-state index contributed by atoms with van der Waals surface area (Å²) in [6, 6.07) is 7.82. The van der Waals surface area contributed by atoms with Gasteiger partial charge >= 0.3 is 0 Å². The zero-order valence-corrected chi connectivity index (χ0v) is 12.3. The lowest BCUT2D eigenvalue weighted by Gasteiger charge is -2.20. The second kappa shape index (κ2) is 6.10. The molecular formula is C16H19N3O2. The van der Waals surface area contributed by atoms with Gasteiger partial charge in [0.1, 0.15) is 11.6 Å². The zero-order chi connectivity index (χ0) is 14.7. The minimum atomic E-state index is 0.579. The van der Waals surface area contributed by atoms with Gasteiger partial charge in [0.25, 0.3) is 0 Å². The van der Waals surface area contributed by atoms with E-state index in [0.717, 1.165) is 47.2 Å². The predicted octanol–water partition coefficient (Wildman–Crippen LogP) is 2.66. The van der Waals surface area contributed by atoms with Crippen molar-refractivity contribution in [3.63, 3.8) is 0 Å². The summed E-state index contributed by atoms with van der Waals surface area (Å²) < 4.78 is 10.8. The first kappa shape index (κ1) is 13.8. The second-order valence-electron chi connectivity index (χ2n) is 4.89. The molecule has 1 N–H and O–H groups in total. The molecule has 0 amide bonds. The number of ether oxygens (including phenoxy) is 2. The molecule has 0 saturated carbocycles. The fourth-order valence-electron chi connectivity index (χ4n) is 2.44. The van der Waals surface area contributed by atoms with Crippen molar-refractivity contribution in [1.82, 2.24) is 9.97 Å². The van der Waals surface area contributed by atoms with Crippen LogP contribution in [0.2, 0.25) is 0 Å². The monoisotopic (exact) mass is 285 g/mol. The van der Waals surface area contributed by atoms with Crippen LogP contribution < -0.4 is 10.1 Å². The molecule has 3 rings (SSSR count). The highest BCUT2D eigenvalue weighted by Gasteiger charge is 2.18. The van der Waals surface area contributed by atoms with Gasteiger partial charge in [-0.2, -0.15) is 0 Å². The molecule has 0 aliphatic carbocycles. The van der Waals surface area contributed by atoms with Crippen LogP contribution in [0.15, 0.2) is 24.3 Å². The standard InChI is InChI=1S/C16H19N3O2/c1-3-17-16-13-10-21-8-7-14(13)18-15(19-16)11-5-4-6-12(9-11)20-2/h4-6,9H,3,7-8,10H2,1-2H3,(H,17,18,19). The van der Waals surface area contributed by atoms with Gasteiger partial charge in [-0.05, 0) is 19.1 Å². The smallest absolute Gasteiger partial charge is 0.161 e. The molecule has 21 heavy (non-hydrogen) atoms. The Balaban J connectivity index is 2.07. The van der Waals surface area contributed by atoms with Crippen molar-refractivity contribution in [3.8, 4) is 17.1 Å². The fraction of sp³-hybridized carbons (Fsp3) is 0.375. The van der Waals surface area contributed by atoms with E-state index in [1.807, 2.05) is 24.3 Å². The first-order valence-electron chi connectivity index (χ1n) is 7.17. The van der Waals surface area contributed by atoms with Crippen LogP contribution in [0, 0.1) is 0 Å². The molecule has 5 nitrogen and oxygen atoms in total. The molecule has 1 aromatic heterocycles. The van der Waals surface area contributed by atoms with Gasteiger partial charge in [0, 0.05) is 24.1 Å². The minimum Gasteiger partial charge on any atom is -0.497 e. The van der Waals surface area contributed by atoms with Gasteiger partial charge in [-0.25, -0.2) is 9.97 Å². The SMILES string of the molecule is CCNc1nc(-c2cccc(OC)c2)nc2c1COCC2. The minimum absolute atomic E-state index is 0.579. The largest absolute Gasteiger partial charge is 0.497 e. The van der Waals surface area contributed by atoms with Crippen molar-refractivity contribution < 1.29 is 9.47 Å². The van der Waals surface area contributed by atoms with Crippen LogP contribution in [0.25, 0.3) is 11.4 Å². The Morgan fingerprint density at radius 3 is 3.05 bits per heavy atom. The van der Waals surface area contributed by atoms with Crippen molar-refractivity contribution in [1.29, 1.82) is 0 Å². The third-order valence-corrected chi connectivity index (χ3v) is 3.49. The van der Waals surface area contributed by atoms with Gasteiger partial charge in [-0.3, -0.25) is 0 Å². The summed E-state index contributed by atoms with van der Waals surface area (Å²) in [4.78, 5) is 9.38. The van der Waals surface area contributed by atoms with Gasteiger partial charge in [0.2, 0.25) is 0 Å². The number of nitrogens with zero attached hydrogens (tertiary/aromatic N) is 2. The number of hydrogen-bond donors (Lipinski definition) is 1. The highest BCUT2D eigenvalue weighted by atomic mass is 16.5. The molecule has 0 radical (unpaired) electrons. The molecule has 0 saturated heterocycles. The lowest BCUT2D eigenvalue weighted by molar-refractivity contribution is 0.109.